The Balaban J connectivity index is 1.93. The fourth-order valence-electron chi connectivity index (χ4n) is 2.40. The van der Waals surface area contributed by atoms with Crippen LogP contribution in [-0.2, 0) is 12.8 Å². The number of hydrogen-bond donors (Lipinski definition) is 1. The van der Waals surface area contributed by atoms with Crippen molar-refractivity contribution >= 4 is 35.6 Å². The van der Waals surface area contributed by atoms with E-state index in [0.717, 1.165) is 50.3 Å². The van der Waals surface area contributed by atoms with E-state index in [1.165, 1.54) is 4.88 Å². The number of thiazole rings is 1. The molecule has 0 aliphatic rings. The summed E-state index contributed by atoms with van der Waals surface area (Å²) in [5.41, 5.74) is 4.36. The van der Waals surface area contributed by atoms with Gasteiger partial charge in [-0.15, -0.1) is 24.0 Å². The first-order valence-electron chi connectivity index (χ1n) is 7.46. The van der Waals surface area contributed by atoms with Gasteiger partial charge >= 0.3 is 0 Å². The van der Waals surface area contributed by atoms with Crippen LogP contribution < -0.4 is 0 Å². The first kappa shape index (κ1) is 16.5. The summed E-state index contributed by atoms with van der Waals surface area (Å²) in [6.07, 6.45) is 3.56. The van der Waals surface area contributed by atoms with Crippen molar-refractivity contribution in [1.29, 1.82) is 0 Å². The number of pyridine rings is 1. The van der Waals surface area contributed by atoms with Crippen molar-refractivity contribution in [3.05, 3.63) is 63.4 Å². The molecule has 0 saturated heterocycles. The Hall–Kier alpha value is -1.36. The molecule has 0 bridgehead atoms. The zero-order valence-corrected chi connectivity index (χ0v) is 15.5. The second-order valence-corrected chi connectivity index (χ2v) is 7.29. The molecule has 2 aromatic heterocycles. The van der Waals surface area contributed by atoms with Crippen molar-refractivity contribution < 1.29 is 0 Å². The third kappa shape index (κ3) is 3.60. The van der Waals surface area contributed by atoms with Gasteiger partial charge < -0.3 is 0 Å². The molecule has 0 aliphatic heterocycles. The molecular weight excluding hydrogens is 344 g/mol. The number of thiol groups is 1. The Kier molecular flexibility index (Phi) is 5.05. The molecule has 1 aromatic carbocycles. The molecule has 0 atom stereocenters. The molecule has 118 valence electrons. The third-order valence-electron chi connectivity index (χ3n) is 3.73. The van der Waals surface area contributed by atoms with Gasteiger partial charge in [0.2, 0.25) is 0 Å². The molecule has 0 aliphatic carbocycles. The molecule has 0 spiro atoms. The molecule has 0 saturated carbocycles. The van der Waals surface area contributed by atoms with E-state index in [9.17, 15) is 0 Å². The molecule has 3 rings (SSSR count). The van der Waals surface area contributed by atoms with E-state index in [2.05, 4.69) is 37.5 Å². The lowest BCUT2D eigenvalue weighted by molar-refractivity contribution is 1.04. The highest BCUT2D eigenvalue weighted by atomic mass is 35.5. The highest BCUT2D eigenvalue weighted by Crippen LogP contribution is 2.32. The topological polar surface area (TPSA) is 25.8 Å². The summed E-state index contributed by atoms with van der Waals surface area (Å²) in [5.74, 6) is 0. The summed E-state index contributed by atoms with van der Waals surface area (Å²) in [5, 5.41) is 1.76. The maximum atomic E-state index is 6.36. The van der Waals surface area contributed by atoms with Crippen LogP contribution in [0.25, 0.3) is 10.6 Å². The number of benzene rings is 1. The van der Waals surface area contributed by atoms with Gasteiger partial charge in [-0.2, -0.15) is 0 Å². The SMILES string of the molecule is CCc1cc(-c2nc(C)c(Cc3cccc(S)c3Cl)s2)ccn1. The molecule has 3 aromatic rings. The van der Waals surface area contributed by atoms with Gasteiger partial charge in [-0.05, 0) is 37.1 Å². The van der Waals surface area contributed by atoms with Crippen LogP contribution in [0.15, 0.2) is 41.4 Å². The standard InChI is InChI=1S/C18H17ClN2S2/c1-3-14-9-13(7-8-20-14)18-21-11(2)16(23-18)10-12-5-4-6-15(22)17(12)19/h4-9,22H,3,10H2,1-2H3. The zero-order valence-electron chi connectivity index (χ0n) is 13.0. The summed E-state index contributed by atoms with van der Waals surface area (Å²) in [6, 6.07) is 10.1. The Morgan fingerprint density at radius 2 is 2.09 bits per heavy atom. The number of hydrogen-bond acceptors (Lipinski definition) is 4. The van der Waals surface area contributed by atoms with Gasteiger partial charge in [0, 0.05) is 33.6 Å². The fourth-order valence-corrected chi connectivity index (χ4v) is 3.90. The van der Waals surface area contributed by atoms with E-state index >= 15 is 0 Å². The maximum Gasteiger partial charge on any atom is 0.123 e. The Bertz CT molecular complexity index is 843. The van der Waals surface area contributed by atoms with Crippen molar-refractivity contribution in [1.82, 2.24) is 9.97 Å². The molecule has 0 N–H and O–H groups in total. The highest BCUT2D eigenvalue weighted by Gasteiger charge is 2.13. The number of aromatic nitrogens is 2. The monoisotopic (exact) mass is 360 g/mol. The first-order chi connectivity index (χ1) is 11.1. The van der Waals surface area contributed by atoms with Crippen LogP contribution in [-0.4, -0.2) is 9.97 Å². The molecule has 0 unspecified atom stereocenters. The average molecular weight is 361 g/mol. The van der Waals surface area contributed by atoms with Crippen LogP contribution in [0.3, 0.4) is 0 Å². The molecule has 5 heteroatoms. The Labute approximate surface area is 151 Å². The minimum Gasteiger partial charge on any atom is -0.261 e. The van der Waals surface area contributed by atoms with Crippen LogP contribution >= 0.6 is 35.6 Å². The zero-order chi connectivity index (χ0) is 16.4. The number of aryl methyl sites for hydroxylation is 2. The first-order valence-corrected chi connectivity index (χ1v) is 9.10. The lowest BCUT2D eigenvalue weighted by Crippen LogP contribution is -1.89. The lowest BCUT2D eigenvalue weighted by Gasteiger charge is -2.05. The second-order valence-electron chi connectivity index (χ2n) is 5.34. The normalized spacial score (nSPS) is 11.0. The summed E-state index contributed by atoms with van der Waals surface area (Å²) in [6.45, 7) is 4.16. The Morgan fingerprint density at radius 3 is 2.87 bits per heavy atom. The minimum atomic E-state index is 0.724. The van der Waals surface area contributed by atoms with Crippen LogP contribution in [0.4, 0.5) is 0 Å². The fraction of sp³-hybridized carbons (Fsp3) is 0.222. The summed E-state index contributed by atoms with van der Waals surface area (Å²) in [4.78, 5) is 11.1. The van der Waals surface area contributed by atoms with Crippen LogP contribution in [0.1, 0.15) is 28.8 Å². The molecule has 2 nitrogen and oxygen atoms in total. The van der Waals surface area contributed by atoms with E-state index in [0.29, 0.717) is 0 Å². The van der Waals surface area contributed by atoms with Gasteiger partial charge in [0.15, 0.2) is 0 Å². The van der Waals surface area contributed by atoms with Crippen LogP contribution in [0, 0.1) is 6.92 Å². The van der Waals surface area contributed by atoms with Gasteiger partial charge in [-0.1, -0.05) is 30.7 Å². The van der Waals surface area contributed by atoms with Crippen molar-refractivity contribution in [3.63, 3.8) is 0 Å². The molecule has 0 radical (unpaired) electrons. The lowest BCUT2D eigenvalue weighted by atomic mass is 10.1. The van der Waals surface area contributed by atoms with E-state index in [1.807, 2.05) is 30.5 Å². The van der Waals surface area contributed by atoms with Crippen LogP contribution in [0.5, 0.6) is 0 Å². The van der Waals surface area contributed by atoms with Gasteiger partial charge in [-0.3, -0.25) is 4.98 Å². The summed E-state index contributed by atoms with van der Waals surface area (Å²) < 4.78 is 0. The molecule has 2 heterocycles. The number of halogens is 1. The number of rotatable bonds is 4. The van der Waals surface area contributed by atoms with Crippen molar-refractivity contribution in [2.45, 2.75) is 31.6 Å². The summed E-state index contributed by atoms with van der Waals surface area (Å²) in [7, 11) is 0. The summed E-state index contributed by atoms with van der Waals surface area (Å²) >= 11 is 12.5. The van der Waals surface area contributed by atoms with Gasteiger partial charge in [0.05, 0.1) is 10.7 Å². The largest absolute Gasteiger partial charge is 0.261 e. The van der Waals surface area contributed by atoms with Gasteiger partial charge in [-0.25, -0.2) is 4.98 Å². The third-order valence-corrected chi connectivity index (χ3v) is 5.89. The van der Waals surface area contributed by atoms with E-state index in [-0.39, 0.29) is 0 Å². The molecule has 0 fully saturated rings. The minimum absolute atomic E-state index is 0.724. The maximum absolute atomic E-state index is 6.36. The predicted molar refractivity (Wildman–Crippen MR) is 101 cm³/mol. The molecule has 0 amide bonds. The second kappa shape index (κ2) is 7.04. The molecule has 23 heavy (non-hydrogen) atoms. The smallest absolute Gasteiger partial charge is 0.123 e. The quantitative estimate of drug-likeness (QED) is 0.612. The predicted octanol–water partition coefficient (Wildman–Crippen LogP) is 5.61. The average Bonchev–Trinajstić information content (AvgIpc) is 2.93. The van der Waals surface area contributed by atoms with E-state index < -0.39 is 0 Å². The number of nitrogens with zero attached hydrogens (tertiary/aromatic N) is 2. The van der Waals surface area contributed by atoms with Crippen molar-refractivity contribution in [3.8, 4) is 10.6 Å². The van der Waals surface area contributed by atoms with Gasteiger partial charge in [0.1, 0.15) is 5.01 Å². The van der Waals surface area contributed by atoms with Gasteiger partial charge in [0.25, 0.3) is 0 Å². The highest BCUT2D eigenvalue weighted by molar-refractivity contribution is 7.80. The van der Waals surface area contributed by atoms with E-state index in [4.69, 9.17) is 16.6 Å². The van der Waals surface area contributed by atoms with Crippen LogP contribution in [0.2, 0.25) is 5.02 Å². The van der Waals surface area contributed by atoms with E-state index in [1.54, 1.807) is 11.3 Å². The van der Waals surface area contributed by atoms with Crippen molar-refractivity contribution in [2.24, 2.45) is 0 Å². The Morgan fingerprint density at radius 1 is 1.26 bits per heavy atom. The molecular formula is C18H17ClN2S2. The van der Waals surface area contributed by atoms with Crippen molar-refractivity contribution in [2.75, 3.05) is 0 Å².